The number of benzene rings is 2. The van der Waals surface area contributed by atoms with Crippen LogP contribution in [0.1, 0.15) is 34.3 Å². The molecular weight excluding hydrogens is 312 g/mol. The monoisotopic (exact) mass is 334 g/mol. The highest BCUT2D eigenvalue weighted by molar-refractivity contribution is 5.37. The molecule has 2 atom stereocenters. The molecule has 0 fully saturated rings. The molecule has 1 heterocycles. The second-order valence-electron chi connectivity index (χ2n) is 6.50. The van der Waals surface area contributed by atoms with Crippen molar-refractivity contribution in [3.63, 3.8) is 0 Å². The Kier molecular flexibility index (Phi) is 4.81. The summed E-state index contributed by atoms with van der Waals surface area (Å²) < 4.78 is 0. The Morgan fingerprint density at radius 1 is 1.04 bits per heavy atom. The highest BCUT2D eigenvalue weighted by Crippen LogP contribution is 2.43. The Morgan fingerprint density at radius 3 is 2.04 bits per heavy atom. The standard InChI is InChI=1S/C21H22N2O2/c1-4-13-22-19(17-9-5-15(2)6-10-17)14-20(23(24)25)21(22)18-11-7-16(3)8-12-18/h4-12,14,19,21H,1,13H2,2-3H3/t19-,21+/m0/s1. The molecule has 1 aliphatic rings. The Morgan fingerprint density at radius 2 is 1.56 bits per heavy atom. The van der Waals surface area contributed by atoms with Crippen LogP contribution in [0.5, 0.6) is 0 Å². The molecule has 3 rings (SSSR count). The van der Waals surface area contributed by atoms with Crippen LogP contribution in [0, 0.1) is 24.0 Å². The van der Waals surface area contributed by atoms with Crippen molar-refractivity contribution >= 4 is 0 Å². The Balaban J connectivity index is 2.07. The van der Waals surface area contributed by atoms with Gasteiger partial charge < -0.3 is 0 Å². The fourth-order valence-corrected chi connectivity index (χ4v) is 3.37. The van der Waals surface area contributed by atoms with E-state index >= 15 is 0 Å². The Hall–Kier alpha value is -2.72. The lowest BCUT2D eigenvalue weighted by atomic mass is 10.0. The molecule has 0 aromatic heterocycles. The first-order valence-corrected chi connectivity index (χ1v) is 8.37. The number of nitro groups is 1. The molecule has 2 aromatic rings. The van der Waals surface area contributed by atoms with Gasteiger partial charge in [0.15, 0.2) is 0 Å². The van der Waals surface area contributed by atoms with Gasteiger partial charge in [0.2, 0.25) is 0 Å². The lowest BCUT2D eigenvalue weighted by molar-refractivity contribution is -0.431. The van der Waals surface area contributed by atoms with Crippen molar-refractivity contribution in [3.05, 3.63) is 105 Å². The summed E-state index contributed by atoms with van der Waals surface area (Å²) in [6.45, 7) is 8.47. The van der Waals surface area contributed by atoms with E-state index in [-0.39, 0.29) is 22.7 Å². The van der Waals surface area contributed by atoms with Gasteiger partial charge in [-0.1, -0.05) is 65.7 Å². The molecule has 0 bridgehead atoms. The molecule has 1 aliphatic heterocycles. The largest absolute Gasteiger partial charge is 0.273 e. The molecule has 0 spiro atoms. The van der Waals surface area contributed by atoms with E-state index in [9.17, 15) is 10.1 Å². The van der Waals surface area contributed by atoms with Crippen LogP contribution >= 0.6 is 0 Å². The lowest BCUT2D eigenvalue weighted by Gasteiger charge is -2.29. The van der Waals surface area contributed by atoms with Crippen molar-refractivity contribution in [1.29, 1.82) is 0 Å². The molecule has 128 valence electrons. The first-order valence-electron chi connectivity index (χ1n) is 8.37. The second kappa shape index (κ2) is 7.03. The van der Waals surface area contributed by atoms with Crippen LogP contribution in [-0.2, 0) is 0 Å². The van der Waals surface area contributed by atoms with Crippen molar-refractivity contribution in [1.82, 2.24) is 4.90 Å². The Labute approximate surface area is 148 Å². The molecule has 0 radical (unpaired) electrons. The van der Waals surface area contributed by atoms with E-state index in [4.69, 9.17) is 0 Å². The summed E-state index contributed by atoms with van der Waals surface area (Å²) in [6, 6.07) is 15.6. The highest BCUT2D eigenvalue weighted by atomic mass is 16.6. The zero-order valence-electron chi connectivity index (χ0n) is 14.6. The predicted molar refractivity (Wildman–Crippen MR) is 99.8 cm³/mol. The van der Waals surface area contributed by atoms with Crippen LogP contribution in [0.3, 0.4) is 0 Å². The Bertz CT molecular complexity index is 807. The summed E-state index contributed by atoms with van der Waals surface area (Å²) in [7, 11) is 0. The van der Waals surface area contributed by atoms with Crippen molar-refractivity contribution in [2.24, 2.45) is 0 Å². The van der Waals surface area contributed by atoms with E-state index in [2.05, 4.69) is 11.5 Å². The zero-order valence-corrected chi connectivity index (χ0v) is 14.6. The van der Waals surface area contributed by atoms with Crippen molar-refractivity contribution in [2.45, 2.75) is 25.9 Å². The third kappa shape index (κ3) is 3.39. The maximum absolute atomic E-state index is 11.7. The maximum Gasteiger partial charge on any atom is 0.265 e. The van der Waals surface area contributed by atoms with Crippen LogP contribution in [0.15, 0.2) is 73.0 Å². The summed E-state index contributed by atoms with van der Waals surface area (Å²) in [6.07, 6.45) is 3.58. The minimum Gasteiger partial charge on any atom is -0.273 e. The molecule has 0 aliphatic carbocycles. The first-order chi connectivity index (χ1) is 12.0. The van der Waals surface area contributed by atoms with Crippen LogP contribution in [0.4, 0.5) is 0 Å². The SMILES string of the molecule is C=CCN1[C@H](c2ccc(C)cc2)C=C([N+](=O)[O-])[C@H]1c1ccc(C)cc1. The van der Waals surface area contributed by atoms with Crippen LogP contribution in [0.25, 0.3) is 0 Å². The van der Waals surface area contributed by atoms with Gasteiger partial charge >= 0.3 is 0 Å². The fraction of sp³-hybridized carbons (Fsp3) is 0.238. The van der Waals surface area contributed by atoms with Gasteiger partial charge in [-0.15, -0.1) is 6.58 Å². The minimum absolute atomic E-state index is 0.134. The third-order valence-corrected chi connectivity index (χ3v) is 4.66. The molecule has 4 heteroatoms. The third-order valence-electron chi connectivity index (χ3n) is 4.66. The van der Waals surface area contributed by atoms with E-state index in [0.717, 1.165) is 16.7 Å². The lowest BCUT2D eigenvalue weighted by Crippen LogP contribution is -2.29. The van der Waals surface area contributed by atoms with Crippen molar-refractivity contribution in [3.8, 4) is 0 Å². The van der Waals surface area contributed by atoms with Crippen molar-refractivity contribution < 1.29 is 4.92 Å². The highest BCUT2D eigenvalue weighted by Gasteiger charge is 2.42. The van der Waals surface area contributed by atoms with Gasteiger partial charge in [-0.3, -0.25) is 15.0 Å². The van der Waals surface area contributed by atoms with Crippen molar-refractivity contribution in [2.75, 3.05) is 6.54 Å². The first kappa shape index (κ1) is 17.1. The van der Waals surface area contributed by atoms with Crippen LogP contribution < -0.4 is 0 Å². The molecule has 2 aromatic carbocycles. The fourth-order valence-electron chi connectivity index (χ4n) is 3.37. The number of rotatable bonds is 5. The molecule has 25 heavy (non-hydrogen) atoms. The maximum atomic E-state index is 11.7. The van der Waals surface area contributed by atoms with E-state index in [1.807, 2.05) is 62.4 Å². The number of nitrogens with zero attached hydrogens (tertiary/aromatic N) is 2. The van der Waals surface area contributed by atoms with Gasteiger partial charge in [-0.2, -0.15) is 0 Å². The summed E-state index contributed by atoms with van der Waals surface area (Å²) in [5, 5.41) is 11.7. The molecule has 0 amide bonds. The summed E-state index contributed by atoms with van der Waals surface area (Å²) in [5.74, 6) is 0. The van der Waals surface area contributed by atoms with Crippen LogP contribution in [0.2, 0.25) is 0 Å². The zero-order chi connectivity index (χ0) is 18.0. The quantitative estimate of drug-likeness (QED) is 0.450. The number of hydrogen-bond acceptors (Lipinski definition) is 3. The smallest absolute Gasteiger partial charge is 0.265 e. The molecule has 0 saturated carbocycles. The summed E-state index contributed by atoms with van der Waals surface area (Å²) in [5.41, 5.74) is 4.53. The minimum atomic E-state index is -0.375. The van der Waals surface area contributed by atoms with Gasteiger partial charge in [-0.25, -0.2) is 0 Å². The van der Waals surface area contributed by atoms with E-state index < -0.39 is 0 Å². The predicted octanol–water partition coefficient (Wildman–Crippen LogP) is 4.75. The van der Waals surface area contributed by atoms with E-state index in [1.54, 1.807) is 12.2 Å². The molecule has 0 N–H and O–H groups in total. The van der Waals surface area contributed by atoms with E-state index in [1.165, 1.54) is 5.56 Å². The molecular formula is C21H22N2O2. The summed E-state index contributed by atoms with van der Waals surface area (Å²) in [4.78, 5) is 13.6. The van der Waals surface area contributed by atoms with Gasteiger partial charge in [0.05, 0.1) is 11.0 Å². The number of aryl methyl sites for hydroxylation is 2. The average Bonchev–Trinajstić information content (AvgIpc) is 2.96. The van der Waals surface area contributed by atoms with Gasteiger partial charge in [0.1, 0.15) is 6.04 Å². The second-order valence-corrected chi connectivity index (χ2v) is 6.50. The molecule has 4 nitrogen and oxygen atoms in total. The number of hydrogen-bond donors (Lipinski definition) is 0. The molecule has 0 saturated heterocycles. The molecule has 0 unspecified atom stereocenters. The van der Waals surface area contributed by atoms with E-state index in [0.29, 0.717) is 6.54 Å². The topological polar surface area (TPSA) is 46.4 Å². The van der Waals surface area contributed by atoms with Gasteiger partial charge in [0.25, 0.3) is 5.70 Å². The normalized spacial score (nSPS) is 20.3. The van der Waals surface area contributed by atoms with Gasteiger partial charge in [0, 0.05) is 12.6 Å². The van der Waals surface area contributed by atoms with Crippen LogP contribution in [-0.4, -0.2) is 16.4 Å². The average molecular weight is 334 g/mol. The summed E-state index contributed by atoms with van der Waals surface area (Å²) >= 11 is 0. The van der Waals surface area contributed by atoms with Gasteiger partial charge in [-0.05, 0) is 25.0 Å².